The molecule has 1 aliphatic heterocycles. The van der Waals surface area contributed by atoms with E-state index >= 15 is 0 Å². The smallest absolute Gasteiger partial charge is 0.256 e. The number of halogens is 2. The lowest BCUT2D eigenvalue weighted by atomic mass is 9.95. The van der Waals surface area contributed by atoms with Gasteiger partial charge in [-0.2, -0.15) is 0 Å². The number of benzene rings is 2. The Balaban J connectivity index is 1.50. The summed E-state index contributed by atoms with van der Waals surface area (Å²) in [5.74, 6) is -2.94. The van der Waals surface area contributed by atoms with Crippen molar-refractivity contribution in [2.75, 3.05) is 32.0 Å². The molecular formula is C23H25F2N3O3. The molecule has 0 atom stereocenters. The molecule has 0 bridgehead atoms. The van der Waals surface area contributed by atoms with Crippen LogP contribution in [-0.4, -0.2) is 54.2 Å². The van der Waals surface area contributed by atoms with E-state index in [1.807, 2.05) is 19.1 Å². The van der Waals surface area contributed by atoms with E-state index in [2.05, 4.69) is 5.32 Å². The van der Waals surface area contributed by atoms with Crippen molar-refractivity contribution in [3.05, 3.63) is 65.2 Å². The Morgan fingerprint density at radius 3 is 2.32 bits per heavy atom. The fraction of sp³-hybridized carbons (Fsp3) is 0.348. The highest BCUT2D eigenvalue weighted by atomic mass is 19.1. The number of anilines is 1. The molecule has 164 valence electrons. The Morgan fingerprint density at radius 1 is 1.06 bits per heavy atom. The van der Waals surface area contributed by atoms with Crippen molar-refractivity contribution < 1.29 is 23.2 Å². The Hall–Kier alpha value is -3.29. The van der Waals surface area contributed by atoms with Crippen LogP contribution in [-0.2, 0) is 9.59 Å². The first-order chi connectivity index (χ1) is 14.7. The quantitative estimate of drug-likeness (QED) is 0.794. The van der Waals surface area contributed by atoms with Gasteiger partial charge in [0.1, 0.15) is 11.6 Å². The van der Waals surface area contributed by atoms with Gasteiger partial charge in [-0.25, -0.2) is 8.78 Å². The zero-order valence-electron chi connectivity index (χ0n) is 17.5. The number of likely N-dealkylation sites (tertiary alicyclic amines) is 1. The van der Waals surface area contributed by atoms with Gasteiger partial charge in [0.2, 0.25) is 11.8 Å². The Labute approximate surface area is 179 Å². The summed E-state index contributed by atoms with van der Waals surface area (Å²) in [6.45, 7) is 2.45. The first-order valence-corrected chi connectivity index (χ1v) is 10.1. The third-order valence-electron chi connectivity index (χ3n) is 5.39. The van der Waals surface area contributed by atoms with Gasteiger partial charge in [0.15, 0.2) is 0 Å². The highest BCUT2D eigenvalue weighted by Gasteiger charge is 2.30. The van der Waals surface area contributed by atoms with Crippen LogP contribution >= 0.6 is 0 Å². The summed E-state index contributed by atoms with van der Waals surface area (Å²) in [5.41, 5.74) is 1.56. The molecule has 1 N–H and O–H groups in total. The van der Waals surface area contributed by atoms with Crippen molar-refractivity contribution in [1.82, 2.24) is 9.80 Å². The minimum atomic E-state index is -0.900. The second-order valence-electron chi connectivity index (χ2n) is 7.80. The van der Waals surface area contributed by atoms with Crippen molar-refractivity contribution in [1.29, 1.82) is 0 Å². The molecule has 0 saturated carbocycles. The van der Waals surface area contributed by atoms with Crippen molar-refractivity contribution in [3.63, 3.8) is 0 Å². The zero-order chi connectivity index (χ0) is 22.5. The van der Waals surface area contributed by atoms with Crippen LogP contribution in [0.25, 0.3) is 0 Å². The van der Waals surface area contributed by atoms with Gasteiger partial charge in [-0.05, 0) is 44.0 Å². The van der Waals surface area contributed by atoms with E-state index in [4.69, 9.17) is 0 Å². The number of rotatable bonds is 5. The molecule has 0 radical (unpaired) electrons. The van der Waals surface area contributed by atoms with E-state index in [-0.39, 0.29) is 42.9 Å². The second-order valence-corrected chi connectivity index (χ2v) is 7.80. The molecule has 1 fully saturated rings. The maximum absolute atomic E-state index is 13.9. The van der Waals surface area contributed by atoms with Gasteiger partial charge in [0.25, 0.3) is 5.91 Å². The largest absolute Gasteiger partial charge is 0.339 e. The van der Waals surface area contributed by atoms with E-state index in [0.29, 0.717) is 24.6 Å². The SMILES string of the molecule is Cc1ccc(NC(=O)CN(C)C(=O)C2CCN(C(=O)c3ccc(F)cc3F)CC2)cc1. The zero-order valence-corrected chi connectivity index (χ0v) is 17.5. The van der Waals surface area contributed by atoms with Gasteiger partial charge < -0.3 is 15.1 Å². The number of nitrogens with one attached hydrogen (secondary N) is 1. The van der Waals surface area contributed by atoms with Crippen LogP contribution in [0.4, 0.5) is 14.5 Å². The van der Waals surface area contributed by atoms with Crippen LogP contribution < -0.4 is 5.32 Å². The summed E-state index contributed by atoms with van der Waals surface area (Å²) in [5, 5.41) is 2.76. The standard InChI is InChI=1S/C23H25F2N3O3/c1-15-3-6-18(7-4-15)26-21(29)14-27(2)22(30)16-9-11-28(12-10-16)23(31)19-8-5-17(24)13-20(19)25/h3-8,13,16H,9-12,14H2,1-2H3,(H,26,29). The summed E-state index contributed by atoms with van der Waals surface area (Å²) in [7, 11) is 1.57. The predicted octanol–water partition coefficient (Wildman–Crippen LogP) is 3.22. The van der Waals surface area contributed by atoms with E-state index < -0.39 is 17.5 Å². The molecular weight excluding hydrogens is 404 g/mol. The molecule has 8 heteroatoms. The molecule has 0 unspecified atom stereocenters. The Bertz CT molecular complexity index is 971. The third kappa shape index (κ3) is 5.65. The number of carbonyl (C=O) groups is 3. The molecule has 3 amide bonds. The lowest BCUT2D eigenvalue weighted by Crippen LogP contribution is -2.45. The highest BCUT2D eigenvalue weighted by molar-refractivity contribution is 5.95. The van der Waals surface area contributed by atoms with E-state index in [9.17, 15) is 23.2 Å². The Kier molecular flexibility index (Phi) is 6.99. The fourth-order valence-electron chi connectivity index (χ4n) is 3.61. The van der Waals surface area contributed by atoms with Crippen molar-refractivity contribution >= 4 is 23.4 Å². The summed E-state index contributed by atoms with van der Waals surface area (Å²) < 4.78 is 26.9. The molecule has 31 heavy (non-hydrogen) atoms. The molecule has 2 aromatic rings. The summed E-state index contributed by atoms with van der Waals surface area (Å²) >= 11 is 0. The first-order valence-electron chi connectivity index (χ1n) is 10.1. The van der Waals surface area contributed by atoms with Crippen LogP contribution in [0.2, 0.25) is 0 Å². The number of amides is 3. The highest BCUT2D eigenvalue weighted by Crippen LogP contribution is 2.22. The topological polar surface area (TPSA) is 69.7 Å². The third-order valence-corrected chi connectivity index (χ3v) is 5.39. The van der Waals surface area contributed by atoms with Crippen LogP contribution in [0.1, 0.15) is 28.8 Å². The molecule has 2 aromatic carbocycles. The van der Waals surface area contributed by atoms with Crippen molar-refractivity contribution in [3.8, 4) is 0 Å². The summed E-state index contributed by atoms with van der Waals surface area (Å²) in [6, 6.07) is 10.2. The van der Waals surface area contributed by atoms with Gasteiger partial charge in [0.05, 0.1) is 12.1 Å². The normalized spacial score (nSPS) is 14.3. The average molecular weight is 429 g/mol. The van der Waals surface area contributed by atoms with E-state index in [1.54, 1.807) is 19.2 Å². The van der Waals surface area contributed by atoms with Gasteiger partial charge in [-0.3, -0.25) is 14.4 Å². The molecule has 0 aliphatic carbocycles. The fourth-order valence-corrected chi connectivity index (χ4v) is 3.61. The number of likely N-dealkylation sites (N-methyl/N-ethyl adjacent to an activating group) is 1. The van der Waals surface area contributed by atoms with Gasteiger partial charge in [-0.15, -0.1) is 0 Å². The number of carbonyl (C=O) groups excluding carboxylic acids is 3. The minimum absolute atomic E-state index is 0.0767. The average Bonchev–Trinajstić information content (AvgIpc) is 2.74. The number of hydrogen-bond acceptors (Lipinski definition) is 3. The lowest BCUT2D eigenvalue weighted by Gasteiger charge is -2.33. The molecule has 6 nitrogen and oxygen atoms in total. The lowest BCUT2D eigenvalue weighted by molar-refractivity contribution is -0.138. The van der Waals surface area contributed by atoms with Crippen LogP contribution in [0.15, 0.2) is 42.5 Å². The number of piperidine rings is 1. The molecule has 1 heterocycles. The Morgan fingerprint density at radius 2 is 1.71 bits per heavy atom. The number of aryl methyl sites for hydroxylation is 1. The van der Waals surface area contributed by atoms with E-state index in [0.717, 1.165) is 17.7 Å². The molecule has 3 rings (SSSR count). The minimum Gasteiger partial charge on any atom is -0.339 e. The molecule has 1 aliphatic rings. The van der Waals surface area contributed by atoms with Gasteiger partial charge in [0, 0.05) is 37.8 Å². The summed E-state index contributed by atoms with van der Waals surface area (Å²) in [6.07, 6.45) is 0.828. The number of hydrogen-bond donors (Lipinski definition) is 1. The molecule has 0 spiro atoms. The summed E-state index contributed by atoms with van der Waals surface area (Å²) in [4.78, 5) is 40.3. The van der Waals surface area contributed by atoms with Crippen molar-refractivity contribution in [2.45, 2.75) is 19.8 Å². The van der Waals surface area contributed by atoms with Crippen LogP contribution in [0.5, 0.6) is 0 Å². The monoisotopic (exact) mass is 429 g/mol. The maximum Gasteiger partial charge on any atom is 0.256 e. The predicted molar refractivity (Wildman–Crippen MR) is 112 cm³/mol. The maximum atomic E-state index is 13.9. The van der Waals surface area contributed by atoms with Crippen LogP contribution in [0.3, 0.4) is 0 Å². The first kappa shape index (κ1) is 22.4. The molecule has 0 aromatic heterocycles. The van der Waals surface area contributed by atoms with Crippen LogP contribution in [0, 0.1) is 24.5 Å². The van der Waals surface area contributed by atoms with Gasteiger partial charge in [-0.1, -0.05) is 17.7 Å². The van der Waals surface area contributed by atoms with Crippen molar-refractivity contribution in [2.24, 2.45) is 5.92 Å². The number of nitrogens with zero attached hydrogens (tertiary/aromatic N) is 2. The molecule has 1 saturated heterocycles. The van der Waals surface area contributed by atoms with E-state index in [1.165, 1.54) is 9.80 Å². The second kappa shape index (κ2) is 9.68. The van der Waals surface area contributed by atoms with Gasteiger partial charge >= 0.3 is 0 Å².